The molecule has 6 nitrogen and oxygen atoms in total. The molecule has 2 aliphatic rings. The lowest BCUT2D eigenvalue weighted by molar-refractivity contribution is -0.822. The van der Waals surface area contributed by atoms with Crippen LogP contribution in [0, 0.1) is 18.0 Å². The van der Waals surface area contributed by atoms with E-state index in [1.54, 1.807) is 12.1 Å². The fourth-order valence-electron chi connectivity index (χ4n) is 4.99. The molecule has 2 aromatic rings. The monoisotopic (exact) mass is 407 g/mol. The Balaban J connectivity index is 1.61. The molecule has 0 saturated carbocycles. The van der Waals surface area contributed by atoms with E-state index in [2.05, 4.69) is 17.6 Å². The minimum absolute atomic E-state index is 0.161. The number of nitrogens with zero attached hydrogens (tertiary/aromatic N) is 1. The number of hydrogen-bond donors (Lipinski definition) is 2. The van der Waals surface area contributed by atoms with Gasteiger partial charge in [0.25, 0.3) is 5.91 Å². The molecule has 30 heavy (non-hydrogen) atoms. The average Bonchev–Trinajstić information content (AvgIpc) is 2.73. The van der Waals surface area contributed by atoms with E-state index in [9.17, 15) is 14.8 Å². The minimum Gasteiger partial charge on any atom is -0.625 e. The van der Waals surface area contributed by atoms with E-state index in [0.29, 0.717) is 17.7 Å². The van der Waals surface area contributed by atoms with Crippen LogP contribution < -0.4 is 10.6 Å². The fourth-order valence-corrected chi connectivity index (χ4v) is 4.99. The van der Waals surface area contributed by atoms with Gasteiger partial charge in [-0.3, -0.25) is 9.44 Å². The largest absolute Gasteiger partial charge is 0.625 e. The molecule has 0 bridgehead atoms. The van der Waals surface area contributed by atoms with Gasteiger partial charge in [0.2, 0.25) is 0 Å². The van der Waals surface area contributed by atoms with Gasteiger partial charge in [0.1, 0.15) is 12.0 Å². The molecule has 6 heteroatoms. The number of benzene rings is 2. The Morgan fingerprint density at radius 2 is 1.90 bits per heavy atom. The number of piperidine rings is 2. The topological polar surface area (TPSA) is 81.3 Å². The van der Waals surface area contributed by atoms with E-state index in [1.807, 2.05) is 43.3 Å². The van der Waals surface area contributed by atoms with Crippen LogP contribution in [0.5, 0.6) is 0 Å². The van der Waals surface area contributed by atoms with E-state index in [1.165, 1.54) is 7.05 Å². The van der Waals surface area contributed by atoms with Crippen LogP contribution in [-0.2, 0) is 4.79 Å². The third-order valence-corrected chi connectivity index (χ3v) is 6.72. The van der Waals surface area contributed by atoms with Gasteiger partial charge >= 0.3 is 5.91 Å². The summed E-state index contributed by atoms with van der Waals surface area (Å²) < 4.78 is -0.818. The normalized spacial score (nSPS) is 31.1. The van der Waals surface area contributed by atoms with Gasteiger partial charge in [-0.1, -0.05) is 24.3 Å². The summed E-state index contributed by atoms with van der Waals surface area (Å²) in [5, 5.41) is 19.8. The molecule has 2 aliphatic heterocycles. The number of quaternary nitrogens is 1. The van der Waals surface area contributed by atoms with Gasteiger partial charge < -0.3 is 15.8 Å². The summed E-state index contributed by atoms with van der Waals surface area (Å²) in [5.41, 5.74) is 3.00. The molecule has 4 rings (SSSR count). The molecule has 2 aromatic carbocycles. The highest BCUT2D eigenvalue weighted by Crippen LogP contribution is 2.42. The predicted octanol–water partition coefficient (Wildman–Crippen LogP) is 3.57. The van der Waals surface area contributed by atoms with Crippen molar-refractivity contribution in [3.8, 4) is 0 Å². The Morgan fingerprint density at radius 1 is 1.17 bits per heavy atom. The SMILES string of the molecule is Cc1ccc(NC(=O)c2ccccc2)cc1C1CC2CNC(C)CC2[N+](C)([O-])C1=O. The number of anilines is 1. The molecule has 158 valence electrons. The first-order chi connectivity index (χ1) is 14.3. The number of aryl methyl sites for hydroxylation is 1. The summed E-state index contributed by atoms with van der Waals surface area (Å²) in [5.74, 6) is -0.777. The van der Waals surface area contributed by atoms with Crippen LogP contribution in [-0.4, -0.2) is 42.1 Å². The van der Waals surface area contributed by atoms with Crippen LogP contribution >= 0.6 is 0 Å². The maximum atomic E-state index is 13.4. The van der Waals surface area contributed by atoms with E-state index >= 15 is 0 Å². The number of hydroxylamine groups is 3. The summed E-state index contributed by atoms with van der Waals surface area (Å²) in [6, 6.07) is 14.7. The molecular weight excluding hydrogens is 378 g/mol. The Bertz CT molecular complexity index is 957. The van der Waals surface area contributed by atoms with Gasteiger partial charge in [-0.25, -0.2) is 4.79 Å². The molecule has 2 saturated heterocycles. The number of likely N-dealkylation sites (tertiary alicyclic amines) is 1. The molecule has 0 aromatic heterocycles. The van der Waals surface area contributed by atoms with Crippen LogP contribution in [0.15, 0.2) is 48.5 Å². The van der Waals surface area contributed by atoms with Crippen LogP contribution in [0.25, 0.3) is 0 Å². The third kappa shape index (κ3) is 3.78. The van der Waals surface area contributed by atoms with Crippen molar-refractivity contribution >= 4 is 17.5 Å². The second-order valence-corrected chi connectivity index (χ2v) is 8.88. The molecule has 0 radical (unpaired) electrons. The summed E-state index contributed by atoms with van der Waals surface area (Å²) in [6.07, 6.45) is 1.38. The highest BCUT2D eigenvalue weighted by Gasteiger charge is 2.50. The molecule has 2 fully saturated rings. The van der Waals surface area contributed by atoms with Crippen molar-refractivity contribution in [2.75, 3.05) is 18.9 Å². The van der Waals surface area contributed by atoms with Crippen molar-refractivity contribution < 1.29 is 14.2 Å². The second kappa shape index (κ2) is 7.95. The van der Waals surface area contributed by atoms with E-state index in [-0.39, 0.29) is 29.8 Å². The van der Waals surface area contributed by atoms with Crippen molar-refractivity contribution in [1.29, 1.82) is 0 Å². The molecule has 2 amide bonds. The van der Waals surface area contributed by atoms with E-state index < -0.39 is 10.6 Å². The zero-order chi connectivity index (χ0) is 21.5. The Labute approximate surface area is 177 Å². The van der Waals surface area contributed by atoms with E-state index in [0.717, 1.165) is 24.1 Å². The van der Waals surface area contributed by atoms with Gasteiger partial charge in [0.05, 0.1) is 7.05 Å². The van der Waals surface area contributed by atoms with Crippen LogP contribution in [0.1, 0.15) is 47.2 Å². The molecular formula is C24H29N3O3. The molecule has 0 aliphatic carbocycles. The summed E-state index contributed by atoms with van der Waals surface area (Å²) in [7, 11) is 1.51. The first kappa shape index (κ1) is 20.7. The number of rotatable bonds is 3. The number of fused-ring (bicyclic) bond motifs is 1. The number of likely N-dealkylation sites (N-methyl/N-ethyl adjacent to an activating group) is 1. The Hall–Kier alpha value is -2.54. The third-order valence-electron chi connectivity index (χ3n) is 6.72. The maximum Gasteiger partial charge on any atom is 0.321 e. The maximum absolute atomic E-state index is 13.4. The first-order valence-corrected chi connectivity index (χ1v) is 10.6. The highest BCUT2D eigenvalue weighted by molar-refractivity contribution is 6.04. The van der Waals surface area contributed by atoms with Gasteiger partial charge in [0, 0.05) is 36.2 Å². The molecule has 2 N–H and O–H groups in total. The standard InChI is InChI=1S/C24H29N3O3/c1-15-9-10-19(26-23(28)17-7-5-4-6-8-17)13-20(15)21-12-18-14-25-16(2)11-22(18)27(3,30)24(21)29/h4-10,13,16,18,21-22,25H,11-12,14H2,1-3H3,(H,26,28). The lowest BCUT2D eigenvalue weighted by Crippen LogP contribution is -2.65. The Morgan fingerprint density at radius 3 is 2.63 bits per heavy atom. The van der Waals surface area contributed by atoms with Crippen LogP contribution in [0.2, 0.25) is 0 Å². The number of nitrogens with one attached hydrogen (secondary N) is 2. The van der Waals surface area contributed by atoms with Crippen molar-refractivity contribution in [3.05, 3.63) is 70.4 Å². The van der Waals surface area contributed by atoms with Crippen molar-refractivity contribution in [3.63, 3.8) is 0 Å². The number of amides is 2. The van der Waals surface area contributed by atoms with E-state index in [4.69, 9.17) is 0 Å². The van der Waals surface area contributed by atoms with Gasteiger partial charge in [-0.05, 0) is 55.7 Å². The number of carbonyl (C=O) groups is 2. The van der Waals surface area contributed by atoms with Crippen LogP contribution in [0.3, 0.4) is 0 Å². The highest BCUT2D eigenvalue weighted by atomic mass is 16.6. The summed E-state index contributed by atoms with van der Waals surface area (Å²) >= 11 is 0. The lowest BCUT2D eigenvalue weighted by atomic mass is 9.74. The summed E-state index contributed by atoms with van der Waals surface area (Å²) in [6.45, 7) is 4.78. The zero-order valence-electron chi connectivity index (χ0n) is 17.7. The molecule has 5 atom stereocenters. The molecule has 5 unspecified atom stereocenters. The lowest BCUT2D eigenvalue weighted by Gasteiger charge is -2.54. The predicted molar refractivity (Wildman–Crippen MR) is 117 cm³/mol. The van der Waals surface area contributed by atoms with Crippen molar-refractivity contribution in [2.24, 2.45) is 5.92 Å². The van der Waals surface area contributed by atoms with Gasteiger partial charge in [-0.15, -0.1) is 0 Å². The number of carbonyl (C=O) groups excluding carboxylic acids is 2. The van der Waals surface area contributed by atoms with Gasteiger partial charge in [-0.2, -0.15) is 0 Å². The van der Waals surface area contributed by atoms with Crippen molar-refractivity contribution in [2.45, 2.75) is 44.7 Å². The number of hydrogen-bond acceptors (Lipinski definition) is 4. The quantitative estimate of drug-likeness (QED) is 0.602. The second-order valence-electron chi connectivity index (χ2n) is 8.88. The average molecular weight is 408 g/mol. The smallest absolute Gasteiger partial charge is 0.321 e. The summed E-state index contributed by atoms with van der Waals surface area (Å²) in [4.78, 5) is 25.8. The molecule has 0 spiro atoms. The fraction of sp³-hybridized carbons (Fsp3) is 0.417. The zero-order valence-corrected chi connectivity index (χ0v) is 17.7. The van der Waals surface area contributed by atoms with Crippen molar-refractivity contribution in [1.82, 2.24) is 5.32 Å². The van der Waals surface area contributed by atoms with Crippen LogP contribution in [0.4, 0.5) is 5.69 Å². The minimum atomic E-state index is -0.818. The Kier molecular flexibility index (Phi) is 5.49. The van der Waals surface area contributed by atoms with Gasteiger partial charge in [0.15, 0.2) is 0 Å². The molecule has 2 heterocycles. The first-order valence-electron chi connectivity index (χ1n) is 10.6.